The lowest BCUT2D eigenvalue weighted by atomic mass is 10.2. The molecule has 0 saturated carbocycles. The van der Waals surface area contributed by atoms with E-state index in [0.29, 0.717) is 35.7 Å². The van der Waals surface area contributed by atoms with Crippen LogP contribution in [0.4, 0.5) is 15.8 Å². The molecule has 3 N–H and O–H groups in total. The maximum absolute atomic E-state index is 12.9. The molecule has 3 amide bonds. The molecule has 0 spiro atoms. The Bertz CT molecular complexity index is 853. The van der Waals surface area contributed by atoms with Crippen LogP contribution >= 0.6 is 0 Å². The third-order valence-electron chi connectivity index (χ3n) is 3.77. The lowest BCUT2D eigenvalue weighted by molar-refractivity contribution is -0.116. The number of hydrogen-bond acceptors (Lipinski definition) is 4. The van der Waals surface area contributed by atoms with Crippen LogP contribution in [0.5, 0.6) is 5.75 Å². The zero-order valence-electron chi connectivity index (χ0n) is 15.7. The summed E-state index contributed by atoms with van der Waals surface area (Å²) >= 11 is 0. The summed E-state index contributed by atoms with van der Waals surface area (Å²) in [5.41, 5.74) is 1.33. The normalized spacial score (nSPS) is 10.1. The number of halogens is 1. The highest BCUT2D eigenvalue weighted by Crippen LogP contribution is 2.28. The number of methoxy groups -OCH3 is 1. The highest BCUT2D eigenvalue weighted by molar-refractivity contribution is 5.95. The molecule has 7 nitrogen and oxygen atoms in total. The second-order valence-corrected chi connectivity index (χ2v) is 6.01. The fraction of sp³-hybridized carbons (Fsp3) is 0.250. The predicted octanol–water partition coefficient (Wildman–Crippen LogP) is 2.94. The molecule has 0 atom stereocenters. The number of ether oxygens (including phenoxy) is 1. The van der Waals surface area contributed by atoms with Gasteiger partial charge in [0.25, 0.3) is 5.91 Å². The first-order chi connectivity index (χ1) is 13.4. The van der Waals surface area contributed by atoms with Gasteiger partial charge in [0.2, 0.25) is 11.8 Å². The van der Waals surface area contributed by atoms with E-state index >= 15 is 0 Å². The summed E-state index contributed by atoms with van der Waals surface area (Å²) in [6.45, 7) is 1.69. The summed E-state index contributed by atoms with van der Waals surface area (Å²) in [6.07, 6.45) is 0.601. The van der Waals surface area contributed by atoms with Crippen molar-refractivity contribution in [2.24, 2.45) is 0 Å². The van der Waals surface area contributed by atoms with Crippen molar-refractivity contribution in [2.45, 2.75) is 19.8 Å². The summed E-state index contributed by atoms with van der Waals surface area (Å²) in [5.74, 6) is -0.753. The van der Waals surface area contributed by atoms with Crippen LogP contribution in [0.25, 0.3) is 0 Å². The molecule has 0 bridgehead atoms. The number of benzene rings is 2. The van der Waals surface area contributed by atoms with Crippen molar-refractivity contribution in [3.63, 3.8) is 0 Å². The average molecular weight is 387 g/mol. The van der Waals surface area contributed by atoms with Crippen molar-refractivity contribution in [1.82, 2.24) is 5.32 Å². The van der Waals surface area contributed by atoms with Gasteiger partial charge in [0.1, 0.15) is 11.6 Å². The maximum atomic E-state index is 12.9. The molecule has 0 radical (unpaired) electrons. The first-order valence-corrected chi connectivity index (χ1v) is 8.68. The van der Waals surface area contributed by atoms with Crippen LogP contribution in [-0.2, 0) is 9.59 Å². The van der Waals surface area contributed by atoms with E-state index in [0.717, 1.165) is 0 Å². The van der Waals surface area contributed by atoms with Crippen molar-refractivity contribution >= 4 is 29.1 Å². The molecule has 2 aromatic rings. The van der Waals surface area contributed by atoms with E-state index in [1.165, 1.54) is 38.3 Å². The summed E-state index contributed by atoms with van der Waals surface area (Å²) in [5, 5.41) is 8.05. The zero-order valence-corrected chi connectivity index (χ0v) is 15.7. The molecule has 0 aliphatic rings. The minimum absolute atomic E-state index is 0.178. The topological polar surface area (TPSA) is 96.5 Å². The number of anilines is 2. The quantitative estimate of drug-likeness (QED) is 0.607. The van der Waals surface area contributed by atoms with Gasteiger partial charge in [-0.25, -0.2) is 4.39 Å². The van der Waals surface area contributed by atoms with Gasteiger partial charge in [-0.2, -0.15) is 0 Å². The summed E-state index contributed by atoms with van der Waals surface area (Å²) < 4.78 is 18.1. The number of nitrogens with one attached hydrogen (secondary N) is 3. The third-order valence-corrected chi connectivity index (χ3v) is 3.77. The predicted molar refractivity (Wildman–Crippen MR) is 104 cm³/mol. The van der Waals surface area contributed by atoms with Gasteiger partial charge in [0, 0.05) is 31.1 Å². The largest absolute Gasteiger partial charge is 0.495 e. The van der Waals surface area contributed by atoms with Crippen molar-refractivity contribution in [1.29, 1.82) is 0 Å². The highest BCUT2D eigenvalue weighted by atomic mass is 19.1. The minimum Gasteiger partial charge on any atom is -0.495 e. The molecule has 0 heterocycles. The Kier molecular flexibility index (Phi) is 7.50. The molecular weight excluding hydrogens is 365 g/mol. The lowest BCUT2D eigenvalue weighted by Gasteiger charge is -2.12. The molecule has 148 valence electrons. The summed E-state index contributed by atoms with van der Waals surface area (Å²) in [6, 6.07) is 10.1. The molecule has 0 aliphatic carbocycles. The van der Waals surface area contributed by atoms with E-state index in [-0.39, 0.29) is 24.1 Å². The van der Waals surface area contributed by atoms with Gasteiger partial charge in [-0.15, -0.1) is 0 Å². The van der Waals surface area contributed by atoms with Gasteiger partial charge < -0.3 is 20.7 Å². The van der Waals surface area contributed by atoms with Gasteiger partial charge in [0.05, 0.1) is 12.8 Å². The molecule has 2 aromatic carbocycles. The second kappa shape index (κ2) is 10.1. The maximum Gasteiger partial charge on any atom is 0.251 e. The van der Waals surface area contributed by atoms with Crippen LogP contribution in [-0.4, -0.2) is 31.4 Å². The van der Waals surface area contributed by atoms with Gasteiger partial charge in [-0.1, -0.05) is 0 Å². The van der Waals surface area contributed by atoms with E-state index < -0.39 is 5.82 Å². The van der Waals surface area contributed by atoms with Crippen LogP contribution in [0, 0.1) is 5.82 Å². The number of carbonyl (C=O) groups is 3. The Hall–Kier alpha value is -3.42. The van der Waals surface area contributed by atoms with Crippen LogP contribution in [0.3, 0.4) is 0 Å². The Labute approximate surface area is 162 Å². The molecular formula is C20H22FN3O4. The highest BCUT2D eigenvalue weighted by Gasteiger charge is 2.10. The fourth-order valence-electron chi connectivity index (χ4n) is 2.45. The van der Waals surface area contributed by atoms with Crippen molar-refractivity contribution in [3.05, 3.63) is 53.8 Å². The molecule has 0 fully saturated rings. The monoisotopic (exact) mass is 387 g/mol. The molecule has 28 heavy (non-hydrogen) atoms. The van der Waals surface area contributed by atoms with E-state index in [4.69, 9.17) is 4.74 Å². The van der Waals surface area contributed by atoms with Crippen molar-refractivity contribution in [3.8, 4) is 5.75 Å². The second-order valence-electron chi connectivity index (χ2n) is 6.01. The SMILES string of the molecule is COc1ccc(NC(C)=O)cc1NC(=O)CCCNC(=O)c1ccc(F)cc1. The van der Waals surface area contributed by atoms with E-state index in [2.05, 4.69) is 16.0 Å². The summed E-state index contributed by atoms with van der Waals surface area (Å²) in [7, 11) is 1.48. The smallest absolute Gasteiger partial charge is 0.251 e. The van der Waals surface area contributed by atoms with Gasteiger partial charge in [0.15, 0.2) is 0 Å². The number of hydrogen-bond donors (Lipinski definition) is 3. The first-order valence-electron chi connectivity index (χ1n) is 8.68. The number of rotatable bonds is 8. The molecule has 0 saturated heterocycles. The summed E-state index contributed by atoms with van der Waals surface area (Å²) in [4.78, 5) is 35.2. The van der Waals surface area contributed by atoms with Gasteiger partial charge >= 0.3 is 0 Å². The van der Waals surface area contributed by atoms with E-state index in [1.807, 2.05) is 0 Å². The molecule has 0 aliphatic heterocycles. The van der Waals surface area contributed by atoms with Crippen LogP contribution in [0.1, 0.15) is 30.1 Å². The molecule has 0 aromatic heterocycles. The van der Waals surface area contributed by atoms with Crippen LogP contribution in [0.15, 0.2) is 42.5 Å². The van der Waals surface area contributed by atoms with E-state index in [1.54, 1.807) is 18.2 Å². The van der Waals surface area contributed by atoms with Crippen LogP contribution in [0.2, 0.25) is 0 Å². The minimum atomic E-state index is -0.411. The average Bonchev–Trinajstić information content (AvgIpc) is 2.65. The standard InChI is InChI=1S/C20H22FN3O4/c1-13(25)23-16-9-10-18(28-2)17(12-16)24-19(26)4-3-11-22-20(27)14-5-7-15(21)8-6-14/h5-10,12H,3-4,11H2,1-2H3,(H,22,27)(H,23,25)(H,24,26). The van der Waals surface area contributed by atoms with Gasteiger partial charge in [-0.3, -0.25) is 14.4 Å². The Morgan fingerprint density at radius 3 is 2.39 bits per heavy atom. The Balaban J connectivity index is 1.82. The van der Waals surface area contributed by atoms with E-state index in [9.17, 15) is 18.8 Å². The van der Waals surface area contributed by atoms with Gasteiger partial charge in [-0.05, 0) is 48.9 Å². The number of amides is 3. The Morgan fingerprint density at radius 2 is 1.75 bits per heavy atom. The Morgan fingerprint density at radius 1 is 1.04 bits per heavy atom. The first kappa shape index (κ1) is 20.9. The lowest BCUT2D eigenvalue weighted by Crippen LogP contribution is -2.25. The number of carbonyl (C=O) groups excluding carboxylic acids is 3. The fourth-order valence-corrected chi connectivity index (χ4v) is 2.45. The molecule has 8 heteroatoms. The molecule has 2 rings (SSSR count). The van der Waals surface area contributed by atoms with Crippen molar-refractivity contribution in [2.75, 3.05) is 24.3 Å². The molecule has 0 unspecified atom stereocenters. The zero-order chi connectivity index (χ0) is 20.5. The third kappa shape index (κ3) is 6.39. The van der Waals surface area contributed by atoms with Crippen molar-refractivity contribution < 1.29 is 23.5 Å². The van der Waals surface area contributed by atoms with Crippen LogP contribution < -0.4 is 20.7 Å².